The number of aryl methyl sites for hydroxylation is 1. The van der Waals surface area contributed by atoms with E-state index in [1.165, 1.54) is 21.1 Å². The average molecular weight is 315 g/mol. The van der Waals surface area contributed by atoms with Crippen LogP contribution in [-0.4, -0.2) is 47.5 Å². The molecule has 0 radical (unpaired) electrons. The van der Waals surface area contributed by atoms with Crippen molar-refractivity contribution in [1.82, 2.24) is 8.87 Å². The Labute approximate surface area is 124 Å². The van der Waals surface area contributed by atoms with Gasteiger partial charge in [-0.05, 0) is 25.3 Å². The number of carboxylic acids is 1. The number of aromatic carboxylic acids is 1. The largest absolute Gasteiger partial charge is 0.477 e. The van der Waals surface area contributed by atoms with Gasteiger partial charge in [-0.25, -0.2) is 13.2 Å². The molecule has 2 heterocycles. The van der Waals surface area contributed by atoms with Gasteiger partial charge in [-0.3, -0.25) is 0 Å². The Balaban J connectivity index is 2.35. The van der Waals surface area contributed by atoms with Gasteiger partial charge in [-0.2, -0.15) is 4.31 Å². The van der Waals surface area contributed by atoms with E-state index in [0.717, 1.165) is 19.3 Å². The van der Waals surface area contributed by atoms with Crippen molar-refractivity contribution in [2.75, 3.05) is 13.1 Å². The zero-order valence-corrected chi connectivity index (χ0v) is 12.8. The highest BCUT2D eigenvalue weighted by Gasteiger charge is 2.31. The molecule has 1 aliphatic rings. The molecule has 8 heteroatoms. The predicted molar refractivity (Wildman–Crippen MR) is 77.7 cm³/mol. The molecule has 1 atom stereocenters. The maximum atomic E-state index is 12.6. The number of piperidine rings is 1. The van der Waals surface area contributed by atoms with E-state index < -0.39 is 16.0 Å². The minimum absolute atomic E-state index is 0.00303. The maximum Gasteiger partial charge on any atom is 0.352 e. The number of nitrogens with zero attached hydrogens (tertiary/aromatic N) is 2. The average Bonchev–Trinajstić information content (AvgIpc) is 2.84. The molecule has 118 valence electrons. The smallest absolute Gasteiger partial charge is 0.352 e. The monoisotopic (exact) mass is 315 g/mol. The van der Waals surface area contributed by atoms with Crippen LogP contribution in [0.15, 0.2) is 17.2 Å². The first-order valence-corrected chi connectivity index (χ1v) is 8.49. The van der Waals surface area contributed by atoms with Crippen LogP contribution in [0.4, 0.5) is 0 Å². The number of carboxylic acid groups (broad SMARTS) is 1. The molecule has 2 rings (SSSR count). The molecular weight excluding hydrogens is 294 g/mol. The van der Waals surface area contributed by atoms with E-state index in [4.69, 9.17) is 5.73 Å². The van der Waals surface area contributed by atoms with E-state index in [0.29, 0.717) is 13.1 Å². The summed E-state index contributed by atoms with van der Waals surface area (Å²) in [5.74, 6) is -1.12. The van der Waals surface area contributed by atoms with Crippen LogP contribution < -0.4 is 5.73 Å². The molecule has 1 unspecified atom stereocenters. The Morgan fingerprint density at radius 1 is 1.52 bits per heavy atom. The zero-order valence-electron chi connectivity index (χ0n) is 12.0. The molecular formula is C13H21N3O4S. The fourth-order valence-electron chi connectivity index (χ4n) is 2.57. The fourth-order valence-corrected chi connectivity index (χ4v) is 4.15. The van der Waals surface area contributed by atoms with Crippen molar-refractivity contribution in [2.24, 2.45) is 5.73 Å². The first kappa shape index (κ1) is 16.0. The number of rotatable bonds is 5. The minimum Gasteiger partial charge on any atom is -0.477 e. The summed E-state index contributed by atoms with van der Waals surface area (Å²) in [6.45, 7) is 3.08. The van der Waals surface area contributed by atoms with Crippen molar-refractivity contribution in [2.45, 2.75) is 43.7 Å². The number of hydrogen-bond donors (Lipinski definition) is 2. The minimum atomic E-state index is -3.68. The molecule has 0 amide bonds. The first-order chi connectivity index (χ1) is 9.86. The van der Waals surface area contributed by atoms with Gasteiger partial charge in [0.2, 0.25) is 10.0 Å². The Morgan fingerprint density at radius 2 is 2.24 bits per heavy atom. The maximum absolute atomic E-state index is 12.6. The van der Waals surface area contributed by atoms with Gasteiger partial charge < -0.3 is 15.4 Å². The van der Waals surface area contributed by atoms with Gasteiger partial charge in [-0.15, -0.1) is 0 Å². The number of nitrogens with two attached hydrogens (primary N) is 1. The van der Waals surface area contributed by atoms with Crippen LogP contribution in [0, 0.1) is 0 Å². The fraction of sp³-hybridized carbons (Fsp3) is 0.615. The van der Waals surface area contributed by atoms with Crippen molar-refractivity contribution >= 4 is 16.0 Å². The molecule has 1 fully saturated rings. The van der Waals surface area contributed by atoms with Crippen molar-refractivity contribution < 1.29 is 18.3 Å². The van der Waals surface area contributed by atoms with E-state index in [9.17, 15) is 18.3 Å². The standard InChI is InChI=1S/C13H21N3O4S/c1-2-5-15-9-11(7-12(15)13(17)18)21(19,20)16-6-3-4-10(14)8-16/h7,9-10H,2-6,8,14H2,1H3,(H,17,18). The van der Waals surface area contributed by atoms with Gasteiger partial charge in [0.25, 0.3) is 0 Å². The lowest BCUT2D eigenvalue weighted by Gasteiger charge is -2.29. The second-order valence-corrected chi connectivity index (χ2v) is 7.26. The van der Waals surface area contributed by atoms with Crippen LogP contribution in [0.3, 0.4) is 0 Å². The lowest BCUT2D eigenvalue weighted by molar-refractivity contribution is 0.0685. The summed E-state index contributed by atoms with van der Waals surface area (Å²) in [6.07, 6.45) is 3.66. The van der Waals surface area contributed by atoms with Gasteiger partial charge in [0.15, 0.2) is 0 Å². The highest BCUT2D eigenvalue weighted by atomic mass is 32.2. The van der Waals surface area contributed by atoms with Crippen LogP contribution in [-0.2, 0) is 16.6 Å². The van der Waals surface area contributed by atoms with E-state index in [2.05, 4.69) is 0 Å². The van der Waals surface area contributed by atoms with Gasteiger partial charge in [0.05, 0.1) is 0 Å². The molecule has 1 saturated heterocycles. The van der Waals surface area contributed by atoms with Crippen LogP contribution in [0.25, 0.3) is 0 Å². The lowest BCUT2D eigenvalue weighted by Crippen LogP contribution is -2.45. The quantitative estimate of drug-likeness (QED) is 0.832. The summed E-state index contributed by atoms with van der Waals surface area (Å²) in [5, 5.41) is 9.17. The summed E-state index contributed by atoms with van der Waals surface area (Å²) < 4.78 is 28.0. The van der Waals surface area contributed by atoms with Crippen molar-refractivity contribution in [3.05, 3.63) is 18.0 Å². The molecule has 0 aromatic carbocycles. The van der Waals surface area contributed by atoms with E-state index in [-0.39, 0.29) is 23.2 Å². The molecule has 0 spiro atoms. The summed E-state index contributed by atoms with van der Waals surface area (Å²) in [7, 11) is -3.68. The highest BCUT2D eigenvalue weighted by molar-refractivity contribution is 7.89. The Hall–Kier alpha value is -1.38. The molecule has 1 aromatic rings. The molecule has 1 aromatic heterocycles. The third kappa shape index (κ3) is 3.28. The lowest BCUT2D eigenvalue weighted by atomic mass is 10.1. The Morgan fingerprint density at radius 3 is 2.81 bits per heavy atom. The van der Waals surface area contributed by atoms with Crippen molar-refractivity contribution in [1.29, 1.82) is 0 Å². The molecule has 7 nitrogen and oxygen atoms in total. The number of carbonyl (C=O) groups is 1. The first-order valence-electron chi connectivity index (χ1n) is 7.05. The van der Waals surface area contributed by atoms with E-state index >= 15 is 0 Å². The Kier molecular flexibility index (Phi) is 4.70. The molecule has 0 saturated carbocycles. The van der Waals surface area contributed by atoms with Crippen LogP contribution in [0.2, 0.25) is 0 Å². The number of aromatic nitrogens is 1. The van der Waals surface area contributed by atoms with Crippen molar-refractivity contribution in [3.63, 3.8) is 0 Å². The van der Waals surface area contributed by atoms with Crippen LogP contribution in [0.1, 0.15) is 36.7 Å². The highest BCUT2D eigenvalue weighted by Crippen LogP contribution is 2.22. The topological polar surface area (TPSA) is 106 Å². The van der Waals surface area contributed by atoms with E-state index in [1.807, 2.05) is 6.92 Å². The van der Waals surface area contributed by atoms with Gasteiger partial charge >= 0.3 is 5.97 Å². The third-order valence-corrected chi connectivity index (χ3v) is 5.44. The molecule has 0 bridgehead atoms. The predicted octanol–water partition coefficient (Wildman–Crippen LogP) is 0.708. The summed E-state index contributed by atoms with van der Waals surface area (Å²) in [6, 6.07) is 1.07. The zero-order chi connectivity index (χ0) is 15.6. The molecule has 1 aliphatic heterocycles. The summed E-state index contributed by atoms with van der Waals surface area (Å²) in [4.78, 5) is 11.2. The van der Waals surface area contributed by atoms with Crippen molar-refractivity contribution in [3.8, 4) is 0 Å². The van der Waals surface area contributed by atoms with Gasteiger partial charge in [-0.1, -0.05) is 6.92 Å². The second kappa shape index (κ2) is 6.17. The van der Waals surface area contributed by atoms with E-state index in [1.54, 1.807) is 0 Å². The molecule has 3 N–H and O–H groups in total. The molecule has 21 heavy (non-hydrogen) atoms. The SMILES string of the molecule is CCCn1cc(S(=O)(=O)N2CCCC(N)C2)cc1C(=O)O. The summed E-state index contributed by atoms with van der Waals surface area (Å²) in [5.41, 5.74) is 5.82. The Bertz CT molecular complexity index is 623. The normalized spacial score (nSPS) is 20.6. The van der Waals surface area contributed by atoms with Crippen LogP contribution in [0.5, 0.6) is 0 Å². The van der Waals surface area contributed by atoms with Crippen LogP contribution >= 0.6 is 0 Å². The van der Waals surface area contributed by atoms with Gasteiger partial charge in [0.1, 0.15) is 10.6 Å². The molecule has 0 aliphatic carbocycles. The van der Waals surface area contributed by atoms with Gasteiger partial charge in [0, 0.05) is 31.9 Å². The second-order valence-electron chi connectivity index (χ2n) is 5.32. The third-order valence-electron chi connectivity index (χ3n) is 3.61. The number of hydrogen-bond acceptors (Lipinski definition) is 4. The summed E-state index contributed by atoms with van der Waals surface area (Å²) >= 11 is 0. The number of sulfonamides is 1.